The van der Waals surface area contributed by atoms with Crippen molar-refractivity contribution in [2.45, 2.75) is 62.2 Å². The van der Waals surface area contributed by atoms with Crippen molar-refractivity contribution in [2.75, 3.05) is 12.9 Å². The topological polar surface area (TPSA) is 74.8 Å². The van der Waals surface area contributed by atoms with Gasteiger partial charge in [-0.2, -0.15) is 15.5 Å². The minimum atomic E-state index is -1.86. The standard InChI is InChI=1S/C27H33N3O2SSi/c1-26(2,3)34(5,6)32-17-7-8-25(31)27(22-13-9-20(19-28)10-14-22)18-24(29-30-27)21-11-15-23(33-4)16-12-21/h9-16,18H,7-8,17H2,1-6H3. The van der Waals surface area contributed by atoms with Crippen molar-refractivity contribution < 1.29 is 9.22 Å². The van der Waals surface area contributed by atoms with Crippen molar-refractivity contribution in [2.24, 2.45) is 10.2 Å². The molecule has 1 unspecified atom stereocenters. The molecular formula is C27H33N3O2SSi. The zero-order chi connectivity index (χ0) is 25.0. The summed E-state index contributed by atoms with van der Waals surface area (Å²) in [7, 11) is -1.86. The molecule has 1 aliphatic heterocycles. The van der Waals surface area contributed by atoms with Gasteiger partial charge in [-0.25, -0.2) is 0 Å². The number of hydrogen-bond donors (Lipinski definition) is 0. The highest BCUT2D eigenvalue weighted by Gasteiger charge is 2.42. The molecule has 2 aromatic carbocycles. The summed E-state index contributed by atoms with van der Waals surface area (Å²) in [6.45, 7) is 11.6. The van der Waals surface area contributed by atoms with Gasteiger partial charge in [0.1, 0.15) is 0 Å². The minimum Gasteiger partial charge on any atom is -0.417 e. The Morgan fingerprint density at radius 2 is 1.76 bits per heavy atom. The summed E-state index contributed by atoms with van der Waals surface area (Å²) >= 11 is 1.68. The average Bonchev–Trinajstić information content (AvgIpc) is 3.28. The first kappa shape index (κ1) is 26.1. The second-order valence-corrected chi connectivity index (χ2v) is 15.7. The van der Waals surface area contributed by atoms with Gasteiger partial charge in [0, 0.05) is 23.5 Å². The molecule has 1 heterocycles. The summed E-state index contributed by atoms with van der Waals surface area (Å²) in [6, 6.07) is 17.3. The molecule has 0 amide bonds. The predicted molar refractivity (Wildman–Crippen MR) is 141 cm³/mol. The highest BCUT2D eigenvalue weighted by Crippen LogP contribution is 2.41. The van der Waals surface area contributed by atoms with Crippen LogP contribution < -0.4 is 0 Å². The van der Waals surface area contributed by atoms with Crippen molar-refractivity contribution in [3.63, 3.8) is 0 Å². The Morgan fingerprint density at radius 1 is 1.12 bits per heavy atom. The lowest BCUT2D eigenvalue weighted by Gasteiger charge is -2.36. The molecule has 0 radical (unpaired) electrons. The van der Waals surface area contributed by atoms with Crippen LogP contribution in [0.4, 0.5) is 0 Å². The maximum Gasteiger partial charge on any atom is 0.191 e. The monoisotopic (exact) mass is 491 g/mol. The van der Waals surface area contributed by atoms with E-state index < -0.39 is 13.9 Å². The molecule has 0 aliphatic carbocycles. The van der Waals surface area contributed by atoms with Gasteiger partial charge in [-0.15, -0.1) is 11.8 Å². The zero-order valence-electron chi connectivity index (χ0n) is 20.9. The number of thioether (sulfide) groups is 1. The van der Waals surface area contributed by atoms with E-state index in [1.54, 1.807) is 36.0 Å². The van der Waals surface area contributed by atoms with Crippen LogP contribution in [0.2, 0.25) is 18.1 Å². The van der Waals surface area contributed by atoms with Gasteiger partial charge in [0.2, 0.25) is 0 Å². The van der Waals surface area contributed by atoms with Crippen LogP contribution in [-0.2, 0) is 14.8 Å². The highest BCUT2D eigenvalue weighted by atomic mass is 32.2. The molecule has 1 aliphatic rings. The summed E-state index contributed by atoms with van der Waals surface area (Å²) in [5.74, 6) is -0.0180. The molecule has 178 valence electrons. The van der Waals surface area contributed by atoms with E-state index in [1.165, 1.54) is 0 Å². The maximum atomic E-state index is 13.6. The Labute approximate surface area is 208 Å². The van der Waals surface area contributed by atoms with Crippen molar-refractivity contribution in [1.82, 2.24) is 0 Å². The molecule has 0 aromatic heterocycles. The van der Waals surface area contributed by atoms with Gasteiger partial charge in [-0.3, -0.25) is 4.79 Å². The summed E-state index contributed by atoms with van der Waals surface area (Å²) in [5.41, 5.74) is 1.69. The second kappa shape index (κ2) is 10.4. The van der Waals surface area contributed by atoms with Crippen LogP contribution >= 0.6 is 11.8 Å². The third-order valence-electron chi connectivity index (χ3n) is 6.74. The molecule has 0 saturated heterocycles. The second-order valence-electron chi connectivity index (χ2n) is 10.0. The Hall–Kier alpha value is -2.53. The molecule has 3 rings (SSSR count). The van der Waals surface area contributed by atoms with Crippen LogP contribution in [0.15, 0.2) is 69.7 Å². The largest absolute Gasteiger partial charge is 0.417 e. The Bertz CT molecular complexity index is 1130. The van der Waals surface area contributed by atoms with Gasteiger partial charge in [0.25, 0.3) is 0 Å². The van der Waals surface area contributed by atoms with Crippen LogP contribution in [0, 0.1) is 11.3 Å². The lowest BCUT2D eigenvalue weighted by atomic mass is 9.83. The first-order valence-corrected chi connectivity index (χ1v) is 15.6. The van der Waals surface area contributed by atoms with Crippen LogP contribution in [0.1, 0.15) is 50.3 Å². The summed E-state index contributed by atoms with van der Waals surface area (Å²) in [5, 5.41) is 18.3. The van der Waals surface area contributed by atoms with Crippen molar-refractivity contribution in [3.8, 4) is 6.07 Å². The van der Waals surface area contributed by atoms with Crippen LogP contribution in [0.3, 0.4) is 0 Å². The summed E-state index contributed by atoms with van der Waals surface area (Å²) in [4.78, 5) is 14.8. The zero-order valence-corrected chi connectivity index (χ0v) is 22.7. The molecule has 2 aromatic rings. The van der Waals surface area contributed by atoms with Gasteiger partial charge >= 0.3 is 0 Å². The third-order valence-corrected chi connectivity index (χ3v) is 12.0. The quantitative estimate of drug-likeness (QED) is 0.209. The van der Waals surface area contributed by atoms with Crippen LogP contribution in [0.5, 0.6) is 0 Å². The van der Waals surface area contributed by atoms with Gasteiger partial charge in [0.15, 0.2) is 19.6 Å². The number of hydrogen-bond acceptors (Lipinski definition) is 6. The molecule has 0 spiro atoms. The fraction of sp³-hybridized carbons (Fsp3) is 0.407. The number of ketones is 1. The number of rotatable bonds is 9. The number of carbonyl (C=O) groups is 1. The van der Waals surface area contributed by atoms with Crippen LogP contribution in [-0.4, -0.2) is 27.0 Å². The SMILES string of the molecule is CSc1ccc(C2=CC(C(=O)CCCO[Si](C)(C)C(C)(C)C)(c3ccc(C#N)cc3)N=N2)cc1. The smallest absolute Gasteiger partial charge is 0.191 e. The number of nitrogens with zero attached hydrogens (tertiary/aromatic N) is 3. The van der Waals surface area contributed by atoms with Gasteiger partial charge in [-0.05, 0) is 66.7 Å². The fourth-order valence-corrected chi connectivity index (χ4v) is 4.99. The van der Waals surface area contributed by atoms with Crippen molar-refractivity contribution in [3.05, 3.63) is 71.3 Å². The van der Waals surface area contributed by atoms with Crippen LogP contribution in [0.25, 0.3) is 5.70 Å². The first-order chi connectivity index (χ1) is 16.0. The average molecular weight is 492 g/mol. The van der Waals surface area contributed by atoms with Gasteiger partial charge in [0.05, 0.1) is 17.3 Å². The number of nitriles is 1. The Kier molecular flexibility index (Phi) is 7.97. The third kappa shape index (κ3) is 5.57. The molecule has 1 atom stereocenters. The van der Waals surface area contributed by atoms with E-state index in [1.807, 2.05) is 36.6 Å². The Morgan fingerprint density at radius 3 is 2.32 bits per heavy atom. The molecule has 7 heteroatoms. The molecule has 34 heavy (non-hydrogen) atoms. The Balaban J connectivity index is 1.84. The highest BCUT2D eigenvalue weighted by molar-refractivity contribution is 7.98. The predicted octanol–water partition coefficient (Wildman–Crippen LogP) is 7.35. The molecule has 0 saturated carbocycles. The lowest BCUT2D eigenvalue weighted by Crippen LogP contribution is -2.41. The van der Waals surface area contributed by atoms with E-state index in [2.05, 4.69) is 50.2 Å². The summed E-state index contributed by atoms with van der Waals surface area (Å²) < 4.78 is 6.27. The van der Waals surface area contributed by atoms with E-state index in [-0.39, 0.29) is 10.8 Å². The van der Waals surface area contributed by atoms with E-state index in [4.69, 9.17) is 4.43 Å². The first-order valence-electron chi connectivity index (χ1n) is 11.5. The van der Waals surface area contributed by atoms with E-state index in [0.29, 0.717) is 30.7 Å². The molecular weight excluding hydrogens is 458 g/mol. The number of Topliss-reactive ketones (excluding diaryl/α,β-unsaturated/α-hetero) is 1. The molecule has 0 N–H and O–H groups in total. The van der Waals surface area contributed by atoms with Gasteiger partial charge < -0.3 is 4.43 Å². The number of benzene rings is 2. The minimum absolute atomic E-state index is 0.0180. The normalized spacial score (nSPS) is 18.0. The lowest BCUT2D eigenvalue weighted by molar-refractivity contribution is -0.123. The van der Waals surface area contributed by atoms with Gasteiger partial charge in [-0.1, -0.05) is 45.0 Å². The van der Waals surface area contributed by atoms with E-state index in [0.717, 1.165) is 16.0 Å². The molecule has 0 bridgehead atoms. The fourth-order valence-electron chi connectivity index (χ4n) is 3.50. The number of azo groups is 1. The summed E-state index contributed by atoms with van der Waals surface area (Å²) in [6.07, 6.45) is 4.86. The molecule has 5 nitrogen and oxygen atoms in total. The van der Waals surface area contributed by atoms with Crippen molar-refractivity contribution >= 4 is 31.6 Å². The number of carbonyl (C=O) groups excluding carboxylic acids is 1. The van der Waals surface area contributed by atoms with Crippen molar-refractivity contribution in [1.29, 1.82) is 5.26 Å². The van der Waals surface area contributed by atoms with E-state index >= 15 is 0 Å². The maximum absolute atomic E-state index is 13.6. The molecule has 0 fully saturated rings. The van der Waals surface area contributed by atoms with E-state index in [9.17, 15) is 10.1 Å².